The SMILES string of the molecule is CC(C)CN1CCc2nnc(C3CCN(C(=O)c4cccnc4)C3)n2CC1. The van der Waals surface area contributed by atoms with Crippen LogP contribution in [0.3, 0.4) is 0 Å². The van der Waals surface area contributed by atoms with Crippen molar-refractivity contribution in [3.05, 3.63) is 41.7 Å². The first kappa shape index (κ1) is 18.1. The predicted octanol–water partition coefficient (Wildman–Crippen LogP) is 1.82. The van der Waals surface area contributed by atoms with Crippen molar-refractivity contribution in [2.75, 3.05) is 32.7 Å². The fourth-order valence-corrected chi connectivity index (χ4v) is 4.22. The Hall–Kier alpha value is -2.28. The molecular formula is C20H28N6O. The highest BCUT2D eigenvalue weighted by Gasteiger charge is 2.32. The molecule has 1 unspecified atom stereocenters. The molecule has 7 heteroatoms. The molecule has 0 N–H and O–H groups in total. The van der Waals surface area contributed by atoms with Crippen LogP contribution in [-0.2, 0) is 13.0 Å². The largest absolute Gasteiger partial charge is 0.338 e. The minimum Gasteiger partial charge on any atom is -0.338 e. The van der Waals surface area contributed by atoms with Gasteiger partial charge in [-0.2, -0.15) is 0 Å². The summed E-state index contributed by atoms with van der Waals surface area (Å²) in [6, 6.07) is 3.64. The van der Waals surface area contributed by atoms with Crippen LogP contribution < -0.4 is 0 Å². The molecule has 0 radical (unpaired) electrons. The Bertz CT molecular complexity index is 787. The minimum absolute atomic E-state index is 0.0595. The van der Waals surface area contributed by atoms with E-state index in [9.17, 15) is 4.79 Å². The first-order chi connectivity index (χ1) is 13.1. The Balaban J connectivity index is 1.44. The summed E-state index contributed by atoms with van der Waals surface area (Å²) >= 11 is 0. The van der Waals surface area contributed by atoms with Crippen molar-refractivity contribution in [2.45, 2.75) is 39.2 Å². The number of amides is 1. The van der Waals surface area contributed by atoms with Crippen LogP contribution in [0.5, 0.6) is 0 Å². The molecule has 2 aliphatic rings. The quantitative estimate of drug-likeness (QED) is 0.823. The van der Waals surface area contributed by atoms with Gasteiger partial charge in [0, 0.05) is 64.0 Å². The number of carbonyl (C=O) groups is 1. The maximum Gasteiger partial charge on any atom is 0.255 e. The van der Waals surface area contributed by atoms with E-state index in [1.165, 1.54) is 0 Å². The molecule has 7 nitrogen and oxygen atoms in total. The molecule has 2 aromatic heterocycles. The van der Waals surface area contributed by atoms with Gasteiger partial charge in [-0.25, -0.2) is 0 Å². The van der Waals surface area contributed by atoms with E-state index < -0.39 is 0 Å². The van der Waals surface area contributed by atoms with Gasteiger partial charge in [0.1, 0.15) is 11.6 Å². The van der Waals surface area contributed by atoms with Crippen molar-refractivity contribution >= 4 is 5.91 Å². The molecule has 4 heterocycles. The highest BCUT2D eigenvalue weighted by atomic mass is 16.2. The van der Waals surface area contributed by atoms with Crippen LogP contribution in [0.2, 0.25) is 0 Å². The van der Waals surface area contributed by atoms with Gasteiger partial charge in [0.25, 0.3) is 5.91 Å². The van der Waals surface area contributed by atoms with Crippen molar-refractivity contribution in [3.63, 3.8) is 0 Å². The monoisotopic (exact) mass is 368 g/mol. The lowest BCUT2D eigenvalue weighted by atomic mass is 10.1. The lowest BCUT2D eigenvalue weighted by Gasteiger charge is -2.21. The summed E-state index contributed by atoms with van der Waals surface area (Å²) < 4.78 is 2.31. The summed E-state index contributed by atoms with van der Waals surface area (Å²) in [6.45, 7) is 10.2. The number of aromatic nitrogens is 4. The van der Waals surface area contributed by atoms with Crippen molar-refractivity contribution < 1.29 is 4.79 Å². The van der Waals surface area contributed by atoms with Gasteiger partial charge in [0.05, 0.1) is 5.56 Å². The minimum atomic E-state index is 0.0595. The molecule has 27 heavy (non-hydrogen) atoms. The van der Waals surface area contributed by atoms with Gasteiger partial charge in [-0.05, 0) is 24.5 Å². The number of nitrogens with zero attached hydrogens (tertiary/aromatic N) is 6. The zero-order valence-electron chi connectivity index (χ0n) is 16.2. The first-order valence-electron chi connectivity index (χ1n) is 9.95. The van der Waals surface area contributed by atoms with Crippen molar-refractivity contribution in [1.29, 1.82) is 0 Å². The lowest BCUT2D eigenvalue weighted by Crippen LogP contribution is -2.31. The zero-order chi connectivity index (χ0) is 18.8. The Morgan fingerprint density at radius 3 is 2.89 bits per heavy atom. The molecule has 2 aliphatic heterocycles. The summed E-state index contributed by atoms with van der Waals surface area (Å²) in [5.74, 6) is 3.15. The molecule has 4 rings (SSSR count). The first-order valence-corrected chi connectivity index (χ1v) is 9.95. The van der Waals surface area contributed by atoms with Crippen LogP contribution in [0.25, 0.3) is 0 Å². The summed E-state index contributed by atoms with van der Waals surface area (Å²) in [7, 11) is 0. The molecule has 0 aromatic carbocycles. The fraction of sp³-hybridized carbons (Fsp3) is 0.600. The zero-order valence-corrected chi connectivity index (χ0v) is 16.2. The molecule has 2 aromatic rings. The Kier molecular flexibility index (Phi) is 5.20. The average Bonchev–Trinajstić information content (AvgIpc) is 3.26. The normalized spacial score (nSPS) is 20.7. The Morgan fingerprint density at radius 1 is 1.22 bits per heavy atom. The topological polar surface area (TPSA) is 67.2 Å². The van der Waals surface area contributed by atoms with E-state index in [0.29, 0.717) is 18.0 Å². The second-order valence-electron chi connectivity index (χ2n) is 8.05. The van der Waals surface area contributed by atoms with Crippen molar-refractivity contribution in [1.82, 2.24) is 29.5 Å². The summed E-state index contributed by atoms with van der Waals surface area (Å²) in [5.41, 5.74) is 0.655. The predicted molar refractivity (Wildman–Crippen MR) is 103 cm³/mol. The number of fused-ring (bicyclic) bond motifs is 1. The molecule has 1 amide bonds. The number of hydrogen-bond donors (Lipinski definition) is 0. The van der Waals surface area contributed by atoms with E-state index in [1.54, 1.807) is 12.4 Å². The van der Waals surface area contributed by atoms with Crippen LogP contribution in [0.4, 0.5) is 0 Å². The molecular weight excluding hydrogens is 340 g/mol. The van der Waals surface area contributed by atoms with Gasteiger partial charge >= 0.3 is 0 Å². The van der Waals surface area contributed by atoms with Crippen LogP contribution in [0, 0.1) is 5.92 Å². The van der Waals surface area contributed by atoms with Crippen LogP contribution in [0.15, 0.2) is 24.5 Å². The third-order valence-electron chi connectivity index (χ3n) is 5.52. The van der Waals surface area contributed by atoms with E-state index in [1.807, 2.05) is 17.0 Å². The summed E-state index contributed by atoms with van der Waals surface area (Å²) in [5, 5.41) is 8.99. The maximum absolute atomic E-state index is 12.7. The van der Waals surface area contributed by atoms with Crippen LogP contribution >= 0.6 is 0 Å². The van der Waals surface area contributed by atoms with Gasteiger partial charge in [0.15, 0.2) is 0 Å². The lowest BCUT2D eigenvalue weighted by molar-refractivity contribution is 0.0790. The van der Waals surface area contributed by atoms with E-state index in [2.05, 4.69) is 38.5 Å². The summed E-state index contributed by atoms with van der Waals surface area (Å²) in [4.78, 5) is 21.2. The second kappa shape index (κ2) is 7.76. The van der Waals surface area contributed by atoms with E-state index in [0.717, 1.165) is 57.2 Å². The van der Waals surface area contributed by atoms with Gasteiger partial charge in [0.2, 0.25) is 0 Å². The molecule has 1 saturated heterocycles. The number of likely N-dealkylation sites (tertiary alicyclic amines) is 1. The van der Waals surface area contributed by atoms with E-state index in [-0.39, 0.29) is 11.8 Å². The van der Waals surface area contributed by atoms with Crippen LogP contribution in [0.1, 0.15) is 48.2 Å². The molecule has 1 atom stereocenters. The molecule has 0 aliphatic carbocycles. The number of carbonyl (C=O) groups excluding carboxylic acids is 1. The number of rotatable bonds is 4. The Morgan fingerprint density at radius 2 is 2.11 bits per heavy atom. The smallest absolute Gasteiger partial charge is 0.255 e. The van der Waals surface area contributed by atoms with Gasteiger partial charge in [-0.3, -0.25) is 9.78 Å². The van der Waals surface area contributed by atoms with E-state index >= 15 is 0 Å². The maximum atomic E-state index is 12.7. The van der Waals surface area contributed by atoms with Crippen molar-refractivity contribution in [2.24, 2.45) is 5.92 Å². The molecule has 0 saturated carbocycles. The fourth-order valence-electron chi connectivity index (χ4n) is 4.22. The third-order valence-corrected chi connectivity index (χ3v) is 5.52. The van der Waals surface area contributed by atoms with Gasteiger partial charge < -0.3 is 14.4 Å². The highest BCUT2D eigenvalue weighted by molar-refractivity contribution is 5.94. The van der Waals surface area contributed by atoms with Crippen molar-refractivity contribution in [3.8, 4) is 0 Å². The molecule has 1 fully saturated rings. The van der Waals surface area contributed by atoms with Crippen LogP contribution in [-0.4, -0.2) is 68.2 Å². The Labute approximate surface area is 160 Å². The highest BCUT2D eigenvalue weighted by Crippen LogP contribution is 2.28. The third kappa shape index (κ3) is 3.88. The number of hydrogen-bond acceptors (Lipinski definition) is 5. The van der Waals surface area contributed by atoms with Gasteiger partial charge in [-0.1, -0.05) is 13.8 Å². The standard InChI is InChI=1S/C20H28N6O/c1-15(2)13-24-8-6-18-22-23-19(26(18)11-10-24)17-5-9-25(14-17)20(27)16-4-3-7-21-12-16/h3-4,7,12,15,17H,5-6,8-11,13-14H2,1-2H3. The molecule has 0 bridgehead atoms. The molecule has 0 spiro atoms. The summed E-state index contributed by atoms with van der Waals surface area (Å²) in [6.07, 6.45) is 5.23. The molecule has 144 valence electrons. The average molecular weight is 368 g/mol. The second-order valence-corrected chi connectivity index (χ2v) is 8.05. The van der Waals surface area contributed by atoms with Gasteiger partial charge in [-0.15, -0.1) is 10.2 Å². The number of pyridine rings is 1. The van der Waals surface area contributed by atoms with E-state index in [4.69, 9.17) is 0 Å².